The first-order chi connectivity index (χ1) is 12.8. The molecule has 0 radical (unpaired) electrons. The van der Waals surface area contributed by atoms with Gasteiger partial charge in [0.15, 0.2) is 0 Å². The Hall–Kier alpha value is -3.34. The van der Waals surface area contributed by atoms with E-state index in [1.807, 2.05) is 60.7 Å². The van der Waals surface area contributed by atoms with Crippen LogP contribution in [0.4, 0.5) is 0 Å². The van der Waals surface area contributed by atoms with Crippen molar-refractivity contribution >= 4 is 5.91 Å². The van der Waals surface area contributed by atoms with Crippen LogP contribution in [-0.2, 0) is 0 Å². The molecular weight excluding hydrogens is 328 g/mol. The van der Waals surface area contributed by atoms with Gasteiger partial charge >= 0.3 is 0 Å². The molecule has 5 heteroatoms. The van der Waals surface area contributed by atoms with E-state index >= 15 is 0 Å². The third-order valence-electron chi connectivity index (χ3n) is 3.81. The van der Waals surface area contributed by atoms with E-state index in [4.69, 9.17) is 9.47 Å². The normalized spacial score (nSPS) is 10.2. The second kappa shape index (κ2) is 8.67. The van der Waals surface area contributed by atoms with E-state index in [0.717, 1.165) is 22.8 Å². The maximum absolute atomic E-state index is 12.2. The lowest BCUT2D eigenvalue weighted by molar-refractivity contribution is 0.0946. The summed E-state index contributed by atoms with van der Waals surface area (Å²) in [6, 6.07) is 20.8. The van der Waals surface area contributed by atoms with Gasteiger partial charge in [-0.15, -0.1) is 0 Å². The number of aromatic nitrogens is 1. The van der Waals surface area contributed by atoms with Gasteiger partial charge in [-0.2, -0.15) is 0 Å². The molecule has 26 heavy (non-hydrogen) atoms. The first-order valence-corrected chi connectivity index (χ1v) is 8.33. The van der Waals surface area contributed by atoms with Gasteiger partial charge in [0.2, 0.25) is 0 Å². The minimum absolute atomic E-state index is 0.171. The molecule has 3 rings (SSSR count). The molecule has 0 unspecified atom stereocenters. The fraction of sp³-hybridized carbons (Fsp3) is 0.143. The zero-order chi connectivity index (χ0) is 18.2. The summed E-state index contributed by atoms with van der Waals surface area (Å²) >= 11 is 0. The van der Waals surface area contributed by atoms with Crippen LogP contribution in [0.25, 0.3) is 11.3 Å². The maximum Gasteiger partial charge on any atom is 0.252 e. The Balaban J connectivity index is 1.47. The smallest absolute Gasteiger partial charge is 0.252 e. The van der Waals surface area contributed by atoms with Crippen LogP contribution in [0.2, 0.25) is 0 Å². The molecule has 1 heterocycles. The van der Waals surface area contributed by atoms with Crippen molar-refractivity contribution in [3.05, 3.63) is 78.5 Å². The van der Waals surface area contributed by atoms with Crippen LogP contribution in [0.5, 0.6) is 11.5 Å². The highest BCUT2D eigenvalue weighted by molar-refractivity contribution is 5.94. The van der Waals surface area contributed by atoms with Gasteiger partial charge in [0.05, 0.1) is 24.9 Å². The molecule has 1 aromatic heterocycles. The van der Waals surface area contributed by atoms with Crippen LogP contribution in [0.15, 0.2) is 72.9 Å². The third-order valence-corrected chi connectivity index (χ3v) is 3.81. The molecule has 132 valence electrons. The van der Waals surface area contributed by atoms with E-state index in [2.05, 4.69) is 10.3 Å². The average molecular weight is 348 g/mol. The topological polar surface area (TPSA) is 60.5 Å². The lowest BCUT2D eigenvalue weighted by atomic mass is 10.1. The summed E-state index contributed by atoms with van der Waals surface area (Å²) in [5, 5.41) is 2.82. The Morgan fingerprint density at radius 3 is 2.35 bits per heavy atom. The minimum atomic E-state index is -0.171. The van der Waals surface area contributed by atoms with Crippen LogP contribution < -0.4 is 14.8 Å². The van der Waals surface area contributed by atoms with Crippen molar-refractivity contribution in [3.8, 4) is 22.8 Å². The largest absolute Gasteiger partial charge is 0.497 e. The Kier molecular flexibility index (Phi) is 5.83. The van der Waals surface area contributed by atoms with Crippen molar-refractivity contribution in [2.75, 3.05) is 20.3 Å². The number of carbonyl (C=O) groups is 1. The molecule has 1 N–H and O–H groups in total. The maximum atomic E-state index is 12.2. The Morgan fingerprint density at radius 1 is 0.962 bits per heavy atom. The van der Waals surface area contributed by atoms with Crippen molar-refractivity contribution in [2.45, 2.75) is 0 Å². The van der Waals surface area contributed by atoms with Gasteiger partial charge in [-0.05, 0) is 36.4 Å². The van der Waals surface area contributed by atoms with Crippen molar-refractivity contribution in [3.63, 3.8) is 0 Å². The number of rotatable bonds is 7. The van der Waals surface area contributed by atoms with Crippen LogP contribution >= 0.6 is 0 Å². The summed E-state index contributed by atoms with van der Waals surface area (Å²) in [6.45, 7) is 0.791. The van der Waals surface area contributed by atoms with E-state index < -0.39 is 0 Å². The molecule has 3 aromatic rings. The van der Waals surface area contributed by atoms with Crippen LogP contribution in [0.1, 0.15) is 10.4 Å². The van der Waals surface area contributed by atoms with Gasteiger partial charge in [-0.25, -0.2) is 0 Å². The number of benzene rings is 2. The molecule has 0 saturated heterocycles. The molecule has 0 spiro atoms. The number of carbonyl (C=O) groups excluding carboxylic acids is 1. The summed E-state index contributed by atoms with van der Waals surface area (Å²) in [5.74, 6) is 1.33. The van der Waals surface area contributed by atoms with E-state index in [0.29, 0.717) is 18.7 Å². The summed E-state index contributed by atoms with van der Waals surface area (Å²) < 4.78 is 10.7. The molecule has 1 amide bonds. The number of hydrogen-bond acceptors (Lipinski definition) is 4. The highest BCUT2D eigenvalue weighted by Crippen LogP contribution is 2.17. The monoisotopic (exact) mass is 348 g/mol. The van der Waals surface area contributed by atoms with Crippen LogP contribution in [0, 0.1) is 0 Å². The zero-order valence-electron chi connectivity index (χ0n) is 14.5. The minimum Gasteiger partial charge on any atom is -0.497 e. The van der Waals surface area contributed by atoms with Gasteiger partial charge in [-0.3, -0.25) is 9.78 Å². The molecular formula is C21H20N2O3. The summed E-state index contributed by atoms with van der Waals surface area (Å²) in [7, 11) is 1.62. The number of amides is 1. The van der Waals surface area contributed by atoms with Gasteiger partial charge in [0.1, 0.15) is 18.1 Å². The van der Waals surface area contributed by atoms with Crippen LogP contribution in [-0.4, -0.2) is 31.2 Å². The summed E-state index contributed by atoms with van der Waals surface area (Å²) in [6.07, 6.45) is 1.59. The number of ether oxygens (including phenoxy) is 2. The number of hydrogen-bond donors (Lipinski definition) is 1. The molecule has 0 aliphatic rings. The second-order valence-corrected chi connectivity index (χ2v) is 5.58. The van der Waals surface area contributed by atoms with Gasteiger partial charge in [-0.1, -0.05) is 30.3 Å². The Bertz CT molecular complexity index is 831. The molecule has 0 bridgehead atoms. The number of methoxy groups -OCH3 is 1. The quantitative estimate of drug-likeness (QED) is 0.663. The molecule has 0 atom stereocenters. The van der Waals surface area contributed by atoms with E-state index in [1.165, 1.54) is 0 Å². The first-order valence-electron chi connectivity index (χ1n) is 8.33. The lowest BCUT2D eigenvalue weighted by Gasteiger charge is -2.08. The molecule has 0 saturated carbocycles. The summed E-state index contributed by atoms with van der Waals surface area (Å²) in [5.41, 5.74) is 2.38. The molecule has 0 fully saturated rings. The van der Waals surface area contributed by atoms with E-state index in [1.54, 1.807) is 19.4 Å². The van der Waals surface area contributed by atoms with Crippen molar-refractivity contribution < 1.29 is 14.3 Å². The number of pyridine rings is 1. The number of nitrogens with zero attached hydrogens (tertiary/aromatic N) is 1. The second-order valence-electron chi connectivity index (χ2n) is 5.58. The predicted octanol–water partition coefficient (Wildman–Crippen LogP) is 3.57. The zero-order valence-corrected chi connectivity index (χ0v) is 14.5. The van der Waals surface area contributed by atoms with Crippen molar-refractivity contribution in [2.24, 2.45) is 0 Å². The lowest BCUT2D eigenvalue weighted by Crippen LogP contribution is -2.28. The van der Waals surface area contributed by atoms with E-state index in [9.17, 15) is 4.79 Å². The average Bonchev–Trinajstić information content (AvgIpc) is 2.72. The predicted molar refractivity (Wildman–Crippen MR) is 100 cm³/mol. The first kappa shape index (κ1) is 17.5. The van der Waals surface area contributed by atoms with Crippen molar-refractivity contribution in [1.82, 2.24) is 10.3 Å². The van der Waals surface area contributed by atoms with Gasteiger partial charge < -0.3 is 14.8 Å². The molecule has 0 aliphatic heterocycles. The number of nitrogens with one attached hydrogen (secondary N) is 1. The fourth-order valence-electron chi connectivity index (χ4n) is 2.42. The Morgan fingerprint density at radius 2 is 1.69 bits per heavy atom. The van der Waals surface area contributed by atoms with E-state index in [-0.39, 0.29) is 5.91 Å². The van der Waals surface area contributed by atoms with Gasteiger partial charge in [0.25, 0.3) is 5.91 Å². The summed E-state index contributed by atoms with van der Waals surface area (Å²) in [4.78, 5) is 16.5. The third kappa shape index (κ3) is 4.60. The van der Waals surface area contributed by atoms with Crippen molar-refractivity contribution in [1.29, 1.82) is 0 Å². The molecule has 5 nitrogen and oxygen atoms in total. The highest BCUT2D eigenvalue weighted by atomic mass is 16.5. The van der Waals surface area contributed by atoms with Gasteiger partial charge in [0, 0.05) is 11.8 Å². The SMILES string of the molecule is COc1ccc(OCCNC(=O)c2ccc(-c3ccccc3)nc2)cc1. The fourth-order valence-corrected chi connectivity index (χ4v) is 2.42. The Labute approximate surface area is 152 Å². The molecule has 2 aromatic carbocycles. The highest BCUT2D eigenvalue weighted by Gasteiger charge is 2.06. The standard InChI is InChI=1S/C21H20N2O3/c1-25-18-8-10-19(11-9-18)26-14-13-22-21(24)17-7-12-20(23-15-17)16-5-3-2-4-6-16/h2-12,15H,13-14H2,1H3,(H,22,24). The van der Waals surface area contributed by atoms with Crippen LogP contribution in [0.3, 0.4) is 0 Å². The molecule has 0 aliphatic carbocycles.